The number of phenols is 1. The standard InChI is InChI=1S/C8H9NO3.C8H9NO2.C8H8O3.2C7H9NO2S/c1-6-2-3-7(5-10)8(4-6)9(11)12;2*1-5-2-3-6(8(10)11)4-7(5)9;1-6-2-4-7(5-3-6)11(8,9)10;1-6-3-2-4-7(5-6)11(8,9)10/h2-4,10H,5H2,1H3;2-4H,9H2,1H3,(H,10,11);2-4,9H,1H3,(H,10,11);2*2-5H,1H3,(H2,8,9,10). The van der Waals surface area contributed by atoms with Crippen molar-refractivity contribution in [1.82, 2.24) is 0 Å². The van der Waals surface area contributed by atoms with Crippen LogP contribution in [-0.2, 0) is 26.7 Å². The normalized spacial score (nSPS) is 10.4. The number of sulfonamides is 2. The largest absolute Gasteiger partial charge is 0.508 e. The van der Waals surface area contributed by atoms with Gasteiger partial charge in [-0.3, -0.25) is 10.1 Å². The number of nitro groups is 1. The first-order valence-electron chi connectivity index (χ1n) is 16.0. The molecule has 0 aliphatic carbocycles. The molecule has 5 aromatic carbocycles. The number of aromatic carboxylic acids is 2. The molecule has 0 saturated heterocycles. The third kappa shape index (κ3) is 16.9. The summed E-state index contributed by atoms with van der Waals surface area (Å²) >= 11 is 0. The average Bonchev–Trinajstić information content (AvgIpc) is 3.11. The summed E-state index contributed by atoms with van der Waals surface area (Å²) < 4.78 is 43.0. The number of aromatic hydroxyl groups is 1. The molecule has 0 aliphatic rings. The maximum atomic E-state index is 10.8. The fourth-order valence-corrected chi connectivity index (χ4v) is 5.15. The smallest absolute Gasteiger partial charge is 0.335 e. The first kappa shape index (κ1) is 47.8. The molecule has 5 rings (SSSR count). The van der Waals surface area contributed by atoms with Crippen molar-refractivity contribution in [3.8, 4) is 5.75 Å². The van der Waals surface area contributed by atoms with E-state index in [-0.39, 0.29) is 39.0 Å². The molecule has 0 unspecified atom stereocenters. The van der Waals surface area contributed by atoms with Gasteiger partial charge in [-0.2, -0.15) is 0 Å². The van der Waals surface area contributed by atoms with Crippen molar-refractivity contribution >= 4 is 43.4 Å². The molecule has 56 heavy (non-hydrogen) atoms. The molecule has 0 heterocycles. The van der Waals surface area contributed by atoms with E-state index in [1.165, 1.54) is 54.6 Å². The van der Waals surface area contributed by atoms with Gasteiger partial charge in [0.25, 0.3) is 5.69 Å². The lowest BCUT2D eigenvalue weighted by Gasteiger charge is -1.99. The number of phenolic OH excluding ortho intramolecular Hbond substituents is 1. The zero-order valence-corrected chi connectivity index (χ0v) is 32.7. The van der Waals surface area contributed by atoms with Gasteiger partial charge in [-0.05, 0) is 111 Å². The SMILES string of the molecule is Cc1ccc(C(=O)O)cc1N.Cc1ccc(C(=O)O)cc1O.Cc1ccc(CO)c([N+](=O)[O-])c1.Cc1ccc(S(N)(=O)=O)cc1.Cc1cccc(S(N)(=O)=O)c1. The molecule has 0 aliphatic heterocycles. The molecule has 0 radical (unpaired) electrons. The van der Waals surface area contributed by atoms with Crippen molar-refractivity contribution in [3.63, 3.8) is 0 Å². The van der Waals surface area contributed by atoms with Crippen LogP contribution in [0.2, 0.25) is 0 Å². The van der Waals surface area contributed by atoms with E-state index in [4.69, 9.17) is 36.4 Å². The van der Waals surface area contributed by atoms with Crippen molar-refractivity contribution in [2.24, 2.45) is 10.3 Å². The minimum Gasteiger partial charge on any atom is -0.508 e. The quantitative estimate of drug-likeness (QED) is 0.0646. The lowest BCUT2D eigenvalue weighted by Crippen LogP contribution is -2.11. The Morgan fingerprint density at radius 3 is 1.54 bits per heavy atom. The molecule has 0 fully saturated rings. The number of primary sulfonamides is 2. The van der Waals surface area contributed by atoms with Crippen LogP contribution in [-0.4, -0.2) is 54.1 Å². The molecule has 0 amide bonds. The number of carboxylic acid groups (broad SMARTS) is 2. The Morgan fingerprint density at radius 1 is 0.643 bits per heavy atom. The van der Waals surface area contributed by atoms with E-state index in [1.807, 2.05) is 26.8 Å². The van der Waals surface area contributed by atoms with Gasteiger partial charge in [0.1, 0.15) is 5.75 Å². The minimum atomic E-state index is -3.53. The second kappa shape index (κ2) is 21.6. The Bertz CT molecular complexity index is 2310. The molecule has 0 spiro atoms. The lowest BCUT2D eigenvalue weighted by atomic mass is 10.1. The summed E-state index contributed by atoms with van der Waals surface area (Å²) in [7, 11) is -7.04. The number of aryl methyl sites for hydroxylation is 5. The number of hydrogen-bond donors (Lipinski definition) is 7. The van der Waals surface area contributed by atoms with Crippen LogP contribution in [0.15, 0.2) is 113 Å². The predicted molar refractivity (Wildman–Crippen MR) is 211 cm³/mol. The Balaban J connectivity index is 0.000000350. The highest BCUT2D eigenvalue weighted by Crippen LogP contribution is 2.20. The highest BCUT2D eigenvalue weighted by Gasteiger charge is 2.12. The number of carboxylic acids is 2. The monoisotopic (exact) mass is 812 g/mol. The van der Waals surface area contributed by atoms with Crippen LogP contribution in [0, 0.1) is 44.7 Å². The molecule has 16 nitrogen and oxygen atoms in total. The number of anilines is 1. The van der Waals surface area contributed by atoms with Crippen LogP contribution in [0.3, 0.4) is 0 Å². The van der Waals surface area contributed by atoms with Gasteiger partial charge in [-0.1, -0.05) is 48.0 Å². The first-order chi connectivity index (χ1) is 25.9. The van der Waals surface area contributed by atoms with Crippen LogP contribution >= 0.6 is 0 Å². The first-order valence-corrected chi connectivity index (χ1v) is 19.1. The van der Waals surface area contributed by atoms with Crippen molar-refractivity contribution in [2.45, 2.75) is 51.0 Å². The summed E-state index contributed by atoms with van der Waals surface area (Å²) in [6, 6.07) is 26.6. The Kier molecular flexibility index (Phi) is 18.5. The number of aliphatic hydroxyl groups is 1. The predicted octanol–water partition coefficient (Wildman–Crippen LogP) is 5.35. The maximum Gasteiger partial charge on any atom is 0.335 e. The van der Waals surface area contributed by atoms with Gasteiger partial charge in [0.05, 0.1) is 38.0 Å². The molecule has 5 aromatic rings. The van der Waals surface area contributed by atoms with Gasteiger partial charge >= 0.3 is 11.9 Å². The molecule has 18 heteroatoms. The van der Waals surface area contributed by atoms with Gasteiger partial charge in [-0.15, -0.1) is 0 Å². The number of nitrogen functional groups attached to an aromatic ring is 1. The van der Waals surface area contributed by atoms with Gasteiger partial charge in [-0.25, -0.2) is 36.7 Å². The molecule has 0 atom stereocenters. The average molecular weight is 813 g/mol. The number of nitrogens with two attached hydrogens (primary N) is 3. The van der Waals surface area contributed by atoms with Gasteiger partial charge in [0.15, 0.2) is 0 Å². The fourth-order valence-electron chi connectivity index (χ4n) is 4.01. The molecule has 0 saturated carbocycles. The molecular formula is C38H44N4O12S2. The van der Waals surface area contributed by atoms with Crippen LogP contribution < -0.4 is 16.0 Å². The number of hydrogen-bond acceptors (Lipinski definition) is 11. The van der Waals surface area contributed by atoms with Crippen molar-refractivity contribution in [1.29, 1.82) is 0 Å². The number of aliphatic hydroxyl groups excluding tert-OH is 1. The highest BCUT2D eigenvalue weighted by atomic mass is 32.2. The summed E-state index contributed by atoms with van der Waals surface area (Å²) in [4.78, 5) is 31.0. The number of nitro benzene ring substituents is 1. The zero-order valence-electron chi connectivity index (χ0n) is 31.1. The van der Waals surface area contributed by atoms with E-state index < -0.39 is 36.9 Å². The third-order valence-corrected chi connectivity index (χ3v) is 9.10. The molecule has 10 N–H and O–H groups in total. The summed E-state index contributed by atoms with van der Waals surface area (Å²) in [5.41, 5.74) is 11.0. The number of rotatable bonds is 6. The van der Waals surface area contributed by atoms with E-state index in [1.54, 1.807) is 56.3 Å². The van der Waals surface area contributed by atoms with E-state index in [2.05, 4.69) is 0 Å². The summed E-state index contributed by atoms with van der Waals surface area (Å²) in [6.07, 6.45) is 0. The molecule has 0 bridgehead atoms. The summed E-state index contributed by atoms with van der Waals surface area (Å²) in [6.45, 7) is 8.72. The second-order valence-corrected chi connectivity index (χ2v) is 15.1. The highest BCUT2D eigenvalue weighted by molar-refractivity contribution is 7.89. The fraction of sp³-hybridized carbons (Fsp3) is 0.158. The van der Waals surface area contributed by atoms with Crippen molar-refractivity contribution in [3.05, 3.63) is 158 Å². The number of nitrogens with zero attached hydrogens (tertiary/aromatic N) is 1. The van der Waals surface area contributed by atoms with Crippen LogP contribution in [0.5, 0.6) is 5.75 Å². The minimum absolute atomic E-state index is 0.0162. The van der Waals surface area contributed by atoms with E-state index in [9.17, 15) is 36.5 Å². The van der Waals surface area contributed by atoms with Gasteiger partial charge in [0.2, 0.25) is 20.0 Å². The van der Waals surface area contributed by atoms with Crippen molar-refractivity contribution in [2.75, 3.05) is 5.73 Å². The van der Waals surface area contributed by atoms with Crippen LogP contribution in [0.25, 0.3) is 0 Å². The lowest BCUT2D eigenvalue weighted by molar-refractivity contribution is -0.385. The zero-order chi connectivity index (χ0) is 43.0. The molecule has 300 valence electrons. The summed E-state index contributed by atoms with van der Waals surface area (Å²) in [5.74, 6) is -1.96. The van der Waals surface area contributed by atoms with Crippen molar-refractivity contribution < 1.29 is 51.8 Å². The van der Waals surface area contributed by atoms with Gasteiger partial charge < -0.3 is 26.2 Å². The topological polar surface area (TPSA) is 305 Å². The third-order valence-electron chi connectivity index (χ3n) is 7.26. The second-order valence-electron chi connectivity index (χ2n) is 11.9. The summed E-state index contributed by atoms with van der Waals surface area (Å²) in [5, 5.41) is 55.1. The number of benzene rings is 5. The van der Waals surface area contributed by atoms with E-state index >= 15 is 0 Å². The van der Waals surface area contributed by atoms with Crippen LogP contribution in [0.4, 0.5) is 11.4 Å². The van der Waals surface area contributed by atoms with E-state index in [0.29, 0.717) is 16.8 Å². The molecule has 0 aromatic heterocycles. The molecular weight excluding hydrogens is 769 g/mol. The van der Waals surface area contributed by atoms with Crippen LogP contribution in [0.1, 0.15) is 54.1 Å². The Labute approximate surface area is 324 Å². The van der Waals surface area contributed by atoms with Gasteiger partial charge in [0, 0.05) is 11.8 Å². The Hall–Kier alpha value is -6.18. The van der Waals surface area contributed by atoms with E-state index in [0.717, 1.165) is 22.3 Å². The maximum absolute atomic E-state index is 10.8. The number of carbonyl (C=O) groups is 2. The Morgan fingerprint density at radius 2 is 1.12 bits per heavy atom.